The maximum absolute atomic E-state index is 9.59. The van der Waals surface area contributed by atoms with Crippen molar-refractivity contribution in [2.45, 2.75) is 30.6 Å². The molecule has 15 heavy (non-hydrogen) atoms. The average molecular weight is 219 g/mol. The second-order valence-electron chi connectivity index (χ2n) is 3.14. The Labute approximate surface area is 85.7 Å². The maximum atomic E-state index is 9.59. The number of aliphatic hydroxyl groups excluding tert-OH is 3. The van der Waals surface area contributed by atoms with Crippen LogP contribution in [0, 0.1) is 0 Å². The molecule has 3 N–H and O–H groups in total. The van der Waals surface area contributed by atoms with Crippen molar-refractivity contribution in [3.63, 3.8) is 0 Å². The van der Waals surface area contributed by atoms with Crippen molar-refractivity contribution < 1.29 is 24.8 Å². The summed E-state index contributed by atoms with van der Waals surface area (Å²) in [6, 6.07) is -1.03. The Hall–Kier alpha value is -0.890. The van der Waals surface area contributed by atoms with Crippen molar-refractivity contribution in [2.24, 2.45) is 5.11 Å². The molecule has 1 aliphatic rings. The Balaban J connectivity index is 2.83. The van der Waals surface area contributed by atoms with Gasteiger partial charge in [-0.05, 0) is 5.53 Å². The zero-order valence-corrected chi connectivity index (χ0v) is 8.09. The standard InChI is InChI=1S/C7H13N3O5/c1-14-7-4(9-10-8)6(13)5(12)3(2-11)15-7/h3-7,11-13H,2H2,1H3/t3?,4-,5+,6?,7?/m1/s1. The van der Waals surface area contributed by atoms with Crippen LogP contribution >= 0.6 is 0 Å². The van der Waals surface area contributed by atoms with Crippen molar-refractivity contribution in [1.29, 1.82) is 0 Å². The molecule has 0 saturated carbocycles. The third kappa shape index (κ3) is 2.37. The van der Waals surface area contributed by atoms with Gasteiger partial charge in [-0.25, -0.2) is 0 Å². The fourth-order valence-electron chi connectivity index (χ4n) is 1.44. The van der Waals surface area contributed by atoms with Crippen LogP contribution in [0.25, 0.3) is 10.4 Å². The van der Waals surface area contributed by atoms with Crippen LogP contribution in [-0.4, -0.2) is 59.7 Å². The molecule has 8 nitrogen and oxygen atoms in total. The second-order valence-corrected chi connectivity index (χ2v) is 3.14. The van der Waals surface area contributed by atoms with Crippen LogP contribution in [0.5, 0.6) is 0 Å². The van der Waals surface area contributed by atoms with E-state index in [0.29, 0.717) is 0 Å². The van der Waals surface area contributed by atoms with Gasteiger partial charge in [-0.3, -0.25) is 0 Å². The van der Waals surface area contributed by atoms with Crippen LogP contribution in [0.4, 0.5) is 0 Å². The first-order valence-corrected chi connectivity index (χ1v) is 4.35. The molecule has 0 bridgehead atoms. The molecule has 0 aromatic heterocycles. The van der Waals surface area contributed by atoms with E-state index in [1.54, 1.807) is 0 Å². The molecule has 0 aromatic carbocycles. The molecular weight excluding hydrogens is 206 g/mol. The number of nitrogens with zero attached hydrogens (tertiary/aromatic N) is 3. The van der Waals surface area contributed by atoms with Gasteiger partial charge in [-0.2, -0.15) is 0 Å². The maximum Gasteiger partial charge on any atom is 0.168 e. The minimum Gasteiger partial charge on any atom is -0.394 e. The molecule has 0 aliphatic carbocycles. The Morgan fingerprint density at radius 2 is 2.13 bits per heavy atom. The lowest BCUT2D eigenvalue weighted by Crippen LogP contribution is -2.58. The summed E-state index contributed by atoms with van der Waals surface area (Å²) in [4.78, 5) is 2.52. The van der Waals surface area contributed by atoms with Crippen molar-refractivity contribution in [3.8, 4) is 0 Å². The van der Waals surface area contributed by atoms with Crippen LogP contribution in [0.1, 0.15) is 0 Å². The Bertz CT molecular complexity index is 255. The number of aliphatic hydroxyl groups is 3. The summed E-state index contributed by atoms with van der Waals surface area (Å²) in [5, 5.41) is 31.2. The molecule has 1 fully saturated rings. The fraction of sp³-hybridized carbons (Fsp3) is 1.00. The lowest BCUT2D eigenvalue weighted by atomic mass is 9.98. The van der Waals surface area contributed by atoms with Crippen LogP contribution < -0.4 is 0 Å². The summed E-state index contributed by atoms with van der Waals surface area (Å²) in [5.41, 5.74) is 8.26. The van der Waals surface area contributed by atoms with E-state index >= 15 is 0 Å². The van der Waals surface area contributed by atoms with Gasteiger partial charge in [0.1, 0.15) is 18.2 Å². The predicted molar refractivity (Wildman–Crippen MR) is 47.7 cm³/mol. The van der Waals surface area contributed by atoms with E-state index in [0.717, 1.165) is 0 Å². The summed E-state index contributed by atoms with van der Waals surface area (Å²) in [5.74, 6) is 0. The first kappa shape index (κ1) is 12.2. The third-order valence-electron chi connectivity index (χ3n) is 2.27. The van der Waals surface area contributed by atoms with E-state index in [1.807, 2.05) is 0 Å². The highest BCUT2D eigenvalue weighted by molar-refractivity contribution is 4.93. The van der Waals surface area contributed by atoms with Crippen LogP contribution in [0.3, 0.4) is 0 Å². The quantitative estimate of drug-likeness (QED) is 0.310. The molecule has 0 amide bonds. The lowest BCUT2D eigenvalue weighted by molar-refractivity contribution is -0.257. The van der Waals surface area contributed by atoms with Crippen LogP contribution in [-0.2, 0) is 9.47 Å². The van der Waals surface area contributed by atoms with Gasteiger partial charge in [0.15, 0.2) is 6.29 Å². The topological polar surface area (TPSA) is 128 Å². The van der Waals surface area contributed by atoms with E-state index in [2.05, 4.69) is 10.0 Å². The lowest BCUT2D eigenvalue weighted by Gasteiger charge is -2.39. The van der Waals surface area contributed by atoms with Gasteiger partial charge in [0.2, 0.25) is 0 Å². The van der Waals surface area contributed by atoms with Gasteiger partial charge in [0.25, 0.3) is 0 Å². The molecule has 8 heteroatoms. The minimum atomic E-state index is -1.32. The summed E-state index contributed by atoms with van der Waals surface area (Å²) < 4.78 is 9.92. The smallest absolute Gasteiger partial charge is 0.168 e. The van der Waals surface area contributed by atoms with Crippen molar-refractivity contribution in [2.75, 3.05) is 13.7 Å². The summed E-state index contributed by atoms with van der Waals surface area (Å²) >= 11 is 0. The molecule has 3 unspecified atom stereocenters. The first-order valence-electron chi connectivity index (χ1n) is 4.35. The molecular formula is C7H13N3O5. The van der Waals surface area contributed by atoms with Crippen molar-refractivity contribution in [1.82, 2.24) is 0 Å². The van der Waals surface area contributed by atoms with Crippen LogP contribution in [0.15, 0.2) is 5.11 Å². The number of ether oxygens (including phenoxy) is 2. The second kappa shape index (κ2) is 5.26. The van der Waals surface area contributed by atoms with Gasteiger partial charge in [0, 0.05) is 12.0 Å². The minimum absolute atomic E-state index is 0.457. The highest BCUT2D eigenvalue weighted by Gasteiger charge is 2.43. The molecule has 0 radical (unpaired) electrons. The average Bonchev–Trinajstić information content (AvgIpc) is 2.25. The van der Waals surface area contributed by atoms with E-state index in [-0.39, 0.29) is 0 Å². The monoisotopic (exact) mass is 219 g/mol. The first-order chi connectivity index (χ1) is 7.15. The third-order valence-corrected chi connectivity index (χ3v) is 2.27. The molecule has 1 heterocycles. The molecule has 1 aliphatic heterocycles. The van der Waals surface area contributed by atoms with Gasteiger partial charge in [-0.1, -0.05) is 5.11 Å². The molecule has 1 rings (SSSR count). The number of hydrogen-bond donors (Lipinski definition) is 3. The largest absolute Gasteiger partial charge is 0.394 e. The Morgan fingerprint density at radius 1 is 1.47 bits per heavy atom. The number of methoxy groups -OCH3 is 1. The van der Waals surface area contributed by atoms with Crippen molar-refractivity contribution in [3.05, 3.63) is 10.4 Å². The van der Waals surface area contributed by atoms with Crippen LogP contribution in [0.2, 0.25) is 0 Å². The van der Waals surface area contributed by atoms with Gasteiger partial charge in [0.05, 0.1) is 12.7 Å². The van der Waals surface area contributed by atoms with E-state index in [1.165, 1.54) is 7.11 Å². The van der Waals surface area contributed by atoms with Gasteiger partial charge in [-0.15, -0.1) is 0 Å². The number of hydrogen-bond acceptors (Lipinski definition) is 6. The molecule has 86 valence electrons. The molecule has 5 atom stereocenters. The zero-order chi connectivity index (χ0) is 11.4. The van der Waals surface area contributed by atoms with E-state index < -0.39 is 37.3 Å². The van der Waals surface area contributed by atoms with E-state index in [4.69, 9.17) is 20.1 Å². The summed E-state index contributed by atoms with van der Waals surface area (Å²) in [6.07, 6.45) is -4.56. The predicted octanol–water partition coefficient (Wildman–Crippen LogP) is -1.25. The fourth-order valence-corrected chi connectivity index (χ4v) is 1.44. The zero-order valence-electron chi connectivity index (χ0n) is 8.09. The highest BCUT2D eigenvalue weighted by Crippen LogP contribution is 2.23. The Kier molecular flexibility index (Phi) is 4.28. The molecule has 0 aromatic rings. The van der Waals surface area contributed by atoms with Crippen molar-refractivity contribution >= 4 is 0 Å². The summed E-state index contributed by atoms with van der Waals surface area (Å²) in [6.45, 7) is -0.457. The van der Waals surface area contributed by atoms with E-state index in [9.17, 15) is 10.2 Å². The molecule has 0 spiro atoms. The summed E-state index contributed by atoms with van der Waals surface area (Å²) in [7, 11) is 1.31. The number of azide groups is 1. The highest BCUT2D eigenvalue weighted by atomic mass is 16.7. The Morgan fingerprint density at radius 3 is 2.60 bits per heavy atom. The number of rotatable bonds is 3. The van der Waals surface area contributed by atoms with Gasteiger partial charge < -0.3 is 24.8 Å². The SMILES string of the molecule is COC1OC(CO)[C@H](O)C(O)[C@H]1N=[N+]=[N-]. The molecule has 1 saturated heterocycles. The normalized spacial score (nSPS) is 40.9. The van der Waals surface area contributed by atoms with Gasteiger partial charge >= 0.3 is 0 Å².